The second kappa shape index (κ2) is 9.83. The molecule has 0 spiro atoms. The van der Waals surface area contributed by atoms with E-state index in [1.165, 1.54) is 11.3 Å². The molecule has 0 radical (unpaired) electrons. The molecule has 0 saturated carbocycles. The van der Waals surface area contributed by atoms with E-state index in [1.807, 2.05) is 76.2 Å². The molecule has 1 atom stereocenters. The van der Waals surface area contributed by atoms with Crippen LogP contribution in [0.1, 0.15) is 43.7 Å². The first-order valence-corrected chi connectivity index (χ1v) is 14.0. The summed E-state index contributed by atoms with van der Waals surface area (Å²) in [6.07, 6.45) is -1.15. The summed E-state index contributed by atoms with van der Waals surface area (Å²) < 4.78 is 6.99. The number of alkyl halides is 1. The molecule has 2 aromatic heterocycles. The number of hydrogen-bond donors (Lipinski definition) is 2. The van der Waals surface area contributed by atoms with Crippen molar-refractivity contribution in [2.75, 3.05) is 0 Å². The van der Waals surface area contributed by atoms with E-state index >= 15 is 0 Å². The zero-order chi connectivity index (χ0) is 26.5. The Morgan fingerprint density at radius 3 is 2.49 bits per heavy atom. The first kappa shape index (κ1) is 25.9. The van der Waals surface area contributed by atoms with E-state index < -0.39 is 17.7 Å². The molecule has 0 aliphatic rings. The van der Waals surface area contributed by atoms with E-state index in [-0.39, 0.29) is 0 Å². The molecule has 5 aromatic rings. The van der Waals surface area contributed by atoms with Crippen LogP contribution in [0.4, 0.5) is 0 Å². The molecule has 2 N–H and O–H groups in total. The van der Waals surface area contributed by atoms with Crippen molar-refractivity contribution in [2.45, 2.75) is 44.7 Å². The third-order valence-corrected chi connectivity index (χ3v) is 7.98. The molecule has 2 heterocycles. The monoisotopic (exact) mass is 597 g/mol. The van der Waals surface area contributed by atoms with E-state index in [9.17, 15) is 9.90 Å². The summed E-state index contributed by atoms with van der Waals surface area (Å²) in [5.74, 6) is -1.04. The minimum absolute atomic E-state index is 0.607. The molecule has 1 unspecified atom stereocenters. The summed E-state index contributed by atoms with van der Waals surface area (Å²) in [6, 6.07) is 15.5. The normalized spacial score (nSPS) is 12.9. The zero-order valence-corrected chi connectivity index (χ0v) is 23.9. The van der Waals surface area contributed by atoms with Gasteiger partial charge >= 0.3 is 5.97 Å². The van der Waals surface area contributed by atoms with Gasteiger partial charge in [0.1, 0.15) is 5.01 Å². The fourth-order valence-corrected chi connectivity index (χ4v) is 6.14. The molecule has 190 valence electrons. The number of fused-ring (bicyclic) bond motifs is 2. The first-order valence-electron chi connectivity index (χ1n) is 11.7. The quantitative estimate of drug-likeness (QED) is 0.192. The van der Waals surface area contributed by atoms with Gasteiger partial charge in [-0.2, -0.15) is 5.10 Å². The highest BCUT2D eigenvalue weighted by Gasteiger charge is 2.32. The van der Waals surface area contributed by atoms with Gasteiger partial charge < -0.3 is 9.84 Å². The van der Waals surface area contributed by atoms with Crippen molar-refractivity contribution in [3.8, 4) is 21.7 Å². The van der Waals surface area contributed by atoms with Crippen LogP contribution in [0, 0.1) is 6.92 Å². The fourth-order valence-electron chi connectivity index (χ4n) is 4.46. The number of nitrogens with zero attached hydrogens (tertiary/aromatic N) is 2. The number of thiazole rings is 1. The summed E-state index contributed by atoms with van der Waals surface area (Å²) >= 11 is 11.2. The third kappa shape index (κ3) is 5.03. The number of halogens is 2. The molecule has 9 heteroatoms. The van der Waals surface area contributed by atoms with Crippen LogP contribution in [-0.4, -0.2) is 31.9 Å². The Morgan fingerprint density at radius 2 is 1.84 bits per heavy atom. The maximum atomic E-state index is 12.5. The number of aromatic amines is 1. The molecule has 0 fully saturated rings. The molecule has 6 nitrogen and oxygen atoms in total. The van der Waals surface area contributed by atoms with Crippen LogP contribution in [0.2, 0.25) is 5.02 Å². The molecule has 0 bridgehead atoms. The maximum absolute atomic E-state index is 12.5. The van der Waals surface area contributed by atoms with Gasteiger partial charge in [0, 0.05) is 32.4 Å². The Bertz CT molecular complexity index is 1640. The molecule has 0 saturated heterocycles. The van der Waals surface area contributed by atoms with Gasteiger partial charge in [-0.1, -0.05) is 51.8 Å². The third-order valence-electron chi connectivity index (χ3n) is 6.03. The Hall–Kier alpha value is -2.78. The molecule has 37 heavy (non-hydrogen) atoms. The van der Waals surface area contributed by atoms with Crippen LogP contribution in [-0.2, 0) is 14.9 Å². The first-order chi connectivity index (χ1) is 17.6. The summed E-state index contributed by atoms with van der Waals surface area (Å²) in [4.78, 5) is 17.5. The molecule has 3 aromatic carbocycles. The van der Waals surface area contributed by atoms with Gasteiger partial charge in [0.2, 0.25) is 0 Å². The number of ether oxygens (including phenoxy) is 1. The number of hydrogen-bond acceptors (Lipinski definition) is 5. The zero-order valence-electron chi connectivity index (χ0n) is 20.7. The average molecular weight is 599 g/mol. The van der Waals surface area contributed by atoms with Crippen molar-refractivity contribution in [3.05, 3.63) is 70.4 Å². The van der Waals surface area contributed by atoms with Gasteiger partial charge in [0.05, 0.1) is 27.0 Å². The van der Waals surface area contributed by atoms with Crippen LogP contribution in [0.15, 0.2) is 48.5 Å². The predicted octanol–water partition coefficient (Wildman–Crippen LogP) is 8.30. The van der Waals surface area contributed by atoms with E-state index in [4.69, 9.17) is 21.3 Å². The lowest BCUT2D eigenvalue weighted by atomic mass is 9.91. The number of H-pyrrole nitrogens is 1. The molecule has 0 aliphatic carbocycles. The minimum Gasteiger partial charge on any atom is -0.479 e. The van der Waals surface area contributed by atoms with Crippen LogP contribution >= 0.6 is 38.9 Å². The number of aromatic nitrogens is 3. The van der Waals surface area contributed by atoms with Crippen molar-refractivity contribution in [1.29, 1.82) is 0 Å². The largest absolute Gasteiger partial charge is 0.479 e. The highest BCUT2D eigenvalue weighted by molar-refractivity contribution is 9.08. The van der Waals surface area contributed by atoms with E-state index in [1.54, 1.807) is 0 Å². The van der Waals surface area contributed by atoms with Crippen molar-refractivity contribution in [2.24, 2.45) is 0 Å². The number of benzene rings is 3. The predicted molar refractivity (Wildman–Crippen MR) is 154 cm³/mol. The SMILES string of the molecule is Cc1cc2nc(-c3ccc4c(CBr)[nH]nc4c3)sc2c(-c2ccc(Cl)cc2)c1C(OC(C)(C)C)C(=O)O. The van der Waals surface area contributed by atoms with E-state index in [2.05, 4.69) is 26.1 Å². The standard InChI is InChI=1S/C28H25BrClN3O3S/c1-14-11-20-25(37-26(31-20)16-7-10-18-19(12-16)32-33-21(18)13-29)23(15-5-8-17(30)9-6-15)22(14)24(27(34)35)36-28(2,3)4/h5-12,24H,13H2,1-4H3,(H,32,33)(H,34,35). The number of nitrogens with one attached hydrogen (secondary N) is 1. The maximum Gasteiger partial charge on any atom is 0.337 e. The lowest BCUT2D eigenvalue weighted by Crippen LogP contribution is -2.28. The number of carboxylic acids is 1. The molecule has 5 rings (SSSR count). The number of aliphatic carboxylic acids is 1. The fraction of sp³-hybridized carbons (Fsp3) is 0.250. The Balaban J connectivity index is 1.76. The van der Waals surface area contributed by atoms with Gasteiger partial charge in [-0.15, -0.1) is 11.3 Å². The van der Waals surface area contributed by atoms with Crippen LogP contribution in [0.5, 0.6) is 0 Å². The highest BCUT2D eigenvalue weighted by atomic mass is 79.9. The van der Waals surface area contributed by atoms with Crippen molar-refractivity contribution >= 4 is 66.0 Å². The smallest absolute Gasteiger partial charge is 0.337 e. The Kier molecular flexibility index (Phi) is 6.87. The molecule has 0 amide bonds. The summed E-state index contributed by atoms with van der Waals surface area (Å²) in [6.45, 7) is 7.48. The van der Waals surface area contributed by atoms with Crippen LogP contribution in [0.25, 0.3) is 42.8 Å². The van der Waals surface area contributed by atoms with Gasteiger partial charge in [-0.05, 0) is 63.1 Å². The van der Waals surface area contributed by atoms with Gasteiger partial charge in [-0.25, -0.2) is 9.78 Å². The van der Waals surface area contributed by atoms with Crippen molar-refractivity contribution < 1.29 is 14.6 Å². The van der Waals surface area contributed by atoms with Crippen molar-refractivity contribution in [3.63, 3.8) is 0 Å². The molecular weight excluding hydrogens is 574 g/mol. The topological polar surface area (TPSA) is 88.1 Å². The number of carboxylic acid groups (broad SMARTS) is 1. The van der Waals surface area contributed by atoms with E-state index in [0.29, 0.717) is 15.9 Å². The second-order valence-electron chi connectivity index (χ2n) is 9.87. The second-order valence-corrected chi connectivity index (χ2v) is 11.9. The van der Waals surface area contributed by atoms with Gasteiger partial charge in [-0.3, -0.25) is 5.10 Å². The number of rotatable bonds is 6. The number of carbonyl (C=O) groups is 1. The average Bonchev–Trinajstić information content (AvgIpc) is 3.45. The lowest BCUT2D eigenvalue weighted by Gasteiger charge is -2.28. The summed E-state index contributed by atoms with van der Waals surface area (Å²) in [7, 11) is 0. The number of aryl methyl sites for hydroxylation is 1. The Labute approximate surface area is 231 Å². The summed E-state index contributed by atoms with van der Waals surface area (Å²) in [5.41, 5.74) is 6.06. The molecule has 0 aliphatic heterocycles. The Morgan fingerprint density at radius 1 is 1.14 bits per heavy atom. The minimum atomic E-state index is -1.15. The van der Waals surface area contributed by atoms with Gasteiger partial charge in [0.25, 0.3) is 0 Å². The van der Waals surface area contributed by atoms with Gasteiger partial charge in [0.15, 0.2) is 6.10 Å². The van der Waals surface area contributed by atoms with E-state index in [0.717, 1.165) is 54.1 Å². The van der Waals surface area contributed by atoms with Crippen LogP contribution < -0.4 is 0 Å². The summed E-state index contributed by atoms with van der Waals surface area (Å²) in [5, 5.41) is 20.9. The van der Waals surface area contributed by atoms with Crippen LogP contribution in [0.3, 0.4) is 0 Å². The molecular formula is C28H25BrClN3O3S. The van der Waals surface area contributed by atoms with Crippen molar-refractivity contribution in [1.82, 2.24) is 15.2 Å². The lowest BCUT2D eigenvalue weighted by molar-refractivity contribution is -0.160. The highest BCUT2D eigenvalue weighted by Crippen LogP contribution is 2.44.